The number of benzene rings is 2. The highest BCUT2D eigenvalue weighted by atomic mass is 16.3. The third-order valence-corrected chi connectivity index (χ3v) is 4.55. The SMILES string of the molecule is O=C(NCc1nncn1-c1ccccc1)NC1c2ccccc2CC1O. The van der Waals surface area contributed by atoms with Gasteiger partial charge in [0, 0.05) is 12.1 Å². The number of nitrogens with one attached hydrogen (secondary N) is 2. The predicted octanol–water partition coefficient (Wildman–Crippen LogP) is 1.72. The molecule has 0 spiro atoms. The molecule has 0 saturated carbocycles. The van der Waals surface area contributed by atoms with Gasteiger partial charge in [0.25, 0.3) is 0 Å². The first-order valence-corrected chi connectivity index (χ1v) is 8.47. The maximum atomic E-state index is 12.3. The molecule has 2 atom stereocenters. The minimum absolute atomic E-state index is 0.227. The van der Waals surface area contributed by atoms with E-state index in [9.17, 15) is 9.90 Å². The molecule has 0 saturated heterocycles. The molecule has 2 aromatic carbocycles. The van der Waals surface area contributed by atoms with Crippen molar-refractivity contribution >= 4 is 6.03 Å². The van der Waals surface area contributed by atoms with E-state index in [1.165, 1.54) is 0 Å². The summed E-state index contributed by atoms with van der Waals surface area (Å²) in [5, 5.41) is 23.9. The van der Waals surface area contributed by atoms with E-state index < -0.39 is 12.1 Å². The van der Waals surface area contributed by atoms with Crippen molar-refractivity contribution in [3.8, 4) is 5.69 Å². The first kappa shape index (κ1) is 16.3. The first-order valence-electron chi connectivity index (χ1n) is 8.47. The molecule has 132 valence electrons. The molecule has 4 rings (SSSR count). The largest absolute Gasteiger partial charge is 0.390 e. The van der Waals surface area contributed by atoms with Crippen LogP contribution in [0.4, 0.5) is 4.79 Å². The summed E-state index contributed by atoms with van der Waals surface area (Å²) in [4.78, 5) is 12.3. The fourth-order valence-electron chi connectivity index (χ4n) is 3.28. The van der Waals surface area contributed by atoms with Gasteiger partial charge in [-0.2, -0.15) is 0 Å². The fourth-order valence-corrected chi connectivity index (χ4v) is 3.28. The number of aliphatic hydroxyl groups excluding tert-OH is 1. The average Bonchev–Trinajstić information content (AvgIpc) is 3.25. The average molecular weight is 349 g/mol. The van der Waals surface area contributed by atoms with Crippen molar-refractivity contribution in [2.24, 2.45) is 0 Å². The van der Waals surface area contributed by atoms with Crippen LogP contribution in [0.15, 0.2) is 60.9 Å². The molecule has 0 bridgehead atoms. The number of fused-ring (bicyclic) bond motifs is 1. The maximum Gasteiger partial charge on any atom is 0.315 e. The molecule has 1 heterocycles. The summed E-state index contributed by atoms with van der Waals surface area (Å²) in [7, 11) is 0. The van der Waals surface area contributed by atoms with Crippen molar-refractivity contribution in [2.75, 3.05) is 0 Å². The molecule has 26 heavy (non-hydrogen) atoms. The van der Waals surface area contributed by atoms with Crippen LogP contribution >= 0.6 is 0 Å². The zero-order valence-electron chi connectivity index (χ0n) is 14.0. The second-order valence-corrected chi connectivity index (χ2v) is 6.23. The zero-order chi connectivity index (χ0) is 17.9. The Labute approximate surface area is 150 Å². The molecule has 2 amide bonds. The van der Waals surface area contributed by atoms with Crippen LogP contribution < -0.4 is 10.6 Å². The first-order chi connectivity index (χ1) is 12.7. The van der Waals surface area contributed by atoms with E-state index in [1.807, 2.05) is 59.2 Å². The topological polar surface area (TPSA) is 92.1 Å². The number of nitrogens with zero attached hydrogens (tertiary/aromatic N) is 3. The second-order valence-electron chi connectivity index (χ2n) is 6.23. The number of hydrogen-bond donors (Lipinski definition) is 3. The van der Waals surface area contributed by atoms with Crippen molar-refractivity contribution in [3.05, 3.63) is 77.9 Å². The third-order valence-electron chi connectivity index (χ3n) is 4.55. The maximum absolute atomic E-state index is 12.3. The number of para-hydroxylation sites is 1. The second kappa shape index (κ2) is 6.97. The van der Waals surface area contributed by atoms with Gasteiger partial charge in [0.1, 0.15) is 6.33 Å². The normalized spacial score (nSPS) is 18.3. The van der Waals surface area contributed by atoms with Crippen molar-refractivity contribution in [1.29, 1.82) is 0 Å². The minimum Gasteiger partial charge on any atom is -0.390 e. The molecule has 1 aromatic heterocycles. The summed E-state index contributed by atoms with van der Waals surface area (Å²) in [6, 6.07) is 16.7. The van der Waals surface area contributed by atoms with Crippen molar-refractivity contribution in [2.45, 2.75) is 25.1 Å². The standard InChI is InChI=1S/C19H19N5O2/c25-16-10-13-6-4-5-9-15(13)18(16)22-19(26)20-11-17-23-21-12-24(17)14-7-2-1-3-8-14/h1-9,12,16,18,25H,10-11H2,(H2,20,22,26). The summed E-state index contributed by atoms with van der Waals surface area (Å²) in [6.07, 6.45) is 1.54. The molecule has 7 heteroatoms. The van der Waals surface area contributed by atoms with E-state index in [4.69, 9.17) is 0 Å². The molecular weight excluding hydrogens is 330 g/mol. The Morgan fingerprint density at radius 1 is 1.15 bits per heavy atom. The third kappa shape index (κ3) is 3.16. The Balaban J connectivity index is 1.41. The Morgan fingerprint density at radius 2 is 1.92 bits per heavy atom. The molecule has 3 aromatic rings. The lowest BCUT2D eigenvalue weighted by atomic mass is 10.1. The number of aliphatic hydroxyl groups is 1. The van der Waals surface area contributed by atoms with Crippen LogP contribution in [0.5, 0.6) is 0 Å². The molecular formula is C19H19N5O2. The van der Waals surface area contributed by atoms with E-state index in [-0.39, 0.29) is 12.6 Å². The molecule has 0 radical (unpaired) electrons. The minimum atomic E-state index is -0.619. The number of hydrogen-bond acceptors (Lipinski definition) is 4. The van der Waals surface area contributed by atoms with Crippen molar-refractivity contribution < 1.29 is 9.90 Å². The quantitative estimate of drug-likeness (QED) is 0.669. The number of amides is 2. The Bertz CT molecular complexity index is 909. The summed E-state index contributed by atoms with van der Waals surface area (Å²) >= 11 is 0. The van der Waals surface area contributed by atoms with Gasteiger partial charge in [-0.3, -0.25) is 4.57 Å². The molecule has 2 unspecified atom stereocenters. The van der Waals surface area contributed by atoms with Gasteiger partial charge in [0.05, 0.1) is 18.7 Å². The van der Waals surface area contributed by atoms with Gasteiger partial charge in [-0.25, -0.2) is 4.79 Å². The smallest absolute Gasteiger partial charge is 0.315 e. The zero-order valence-corrected chi connectivity index (χ0v) is 14.0. The number of carbonyl (C=O) groups is 1. The Kier molecular flexibility index (Phi) is 4.37. The summed E-state index contributed by atoms with van der Waals surface area (Å²) < 4.78 is 1.82. The highest BCUT2D eigenvalue weighted by Gasteiger charge is 2.31. The van der Waals surface area contributed by atoms with Crippen LogP contribution in [0.2, 0.25) is 0 Å². The lowest BCUT2D eigenvalue weighted by Crippen LogP contribution is -2.40. The van der Waals surface area contributed by atoms with Gasteiger partial charge >= 0.3 is 6.03 Å². The molecule has 1 aliphatic carbocycles. The van der Waals surface area contributed by atoms with Gasteiger partial charge in [-0.15, -0.1) is 10.2 Å². The van der Waals surface area contributed by atoms with Crippen molar-refractivity contribution in [1.82, 2.24) is 25.4 Å². The number of urea groups is 1. The van der Waals surface area contributed by atoms with E-state index in [0.29, 0.717) is 12.2 Å². The van der Waals surface area contributed by atoms with Crippen LogP contribution in [0.1, 0.15) is 23.0 Å². The molecule has 0 aliphatic heterocycles. The van der Waals surface area contributed by atoms with E-state index in [1.54, 1.807) is 6.33 Å². The number of aromatic nitrogens is 3. The van der Waals surface area contributed by atoms with E-state index >= 15 is 0 Å². The van der Waals surface area contributed by atoms with Crippen LogP contribution in [0, 0.1) is 0 Å². The lowest BCUT2D eigenvalue weighted by molar-refractivity contribution is 0.142. The highest BCUT2D eigenvalue weighted by Crippen LogP contribution is 2.31. The van der Waals surface area contributed by atoms with Gasteiger partial charge in [-0.1, -0.05) is 42.5 Å². The van der Waals surface area contributed by atoms with Gasteiger partial charge < -0.3 is 15.7 Å². The molecule has 0 fully saturated rings. The summed E-state index contributed by atoms with van der Waals surface area (Å²) in [5.74, 6) is 0.624. The van der Waals surface area contributed by atoms with E-state index in [2.05, 4.69) is 20.8 Å². The predicted molar refractivity (Wildman–Crippen MR) is 95.6 cm³/mol. The fraction of sp³-hybridized carbons (Fsp3) is 0.211. The van der Waals surface area contributed by atoms with Crippen LogP contribution in [-0.2, 0) is 13.0 Å². The number of carbonyl (C=O) groups excluding carboxylic acids is 1. The van der Waals surface area contributed by atoms with Crippen LogP contribution in [0.3, 0.4) is 0 Å². The Morgan fingerprint density at radius 3 is 2.77 bits per heavy atom. The number of rotatable bonds is 4. The van der Waals surface area contributed by atoms with Gasteiger partial charge in [-0.05, 0) is 23.3 Å². The highest BCUT2D eigenvalue weighted by molar-refractivity contribution is 5.74. The summed E-state index contributed by atoms with van der Waals surface area (Å²) in [5.41, 5.74) is 2.95. The molecule has 1 aliphatic rings. The van der Waals surface area contributed by atoms with Crippen molar-refractivity contribution in [3.63, 3.8) is 0 Å². The van der Waals surface area contributed by atoms with Crippen LogP contribution in [0.25, 0.3) is 5.69 Å². The summed E-state index contributed by atoms with van der Waals surface area (Å²) in [6.45, 7) is 0.227. The molecule has 3 N–H and O–H groups in total. The lowest BCUT2D eigenvalue weighted by Gasteiger charge is -2.18. The molecule has 7 nitrogen and oxygen atoms in total. The Hall–Kier alpha value is -3.19. The van der Waals surface area contributed by atoms with Gasteiger partial charge in [0.2, 0.25) is 0 Å². The monoisotopic (exact) mass is 349 g/mol. The van der Waals surface area contributed by atoms with Crippen LogP contribution in [-0.4, -0.2) is 32.0 Å². The van der Waals surface area contributed by atoms with Gasteiger partial charge in [0.15, 0.2) is 5.82 Å². The van der Waals surface area contributed by atoms with E-state index in [0.717, 1.165) is 16.8 Å².